The zero-order chi connectivity index (χ0) is 18.2. The van der Waals surface area contributed by atoms with Crippen LogP contribution < -0.4 is 5.32 Å². The van der Waals surface area contributed by atoms with Crippen LogP contribution in [0.2, 0.25) is 0 Å². The highest BCUT2D eigenvalue weighted by molar-refractivity contribution is 6.03. The topological polar surface area (TPSA) is 79.5 Å². The first kappa shape index (κ1) is 17.4. The zero-order valence-corrected chi connectivity index (χ0v) is 14.8. The molecule has 3 rings (SSSR count). The minimum atomic E-state index is -0.342. The van der Waals surface area contributed by atoms with Crippen molar-refractivity contribution in [3.05, 3.63) is 58.0 Å². The third-order valence-electron chi connectivity index (χ3n) is 4.71. The van der Waals surface area contributed by atoms with Crippen LogP contribution in [-0.4, -0.2) is 16.8 Å². The first-order chi connectivity index (χ1) is 11.8. The van der Waals surface area contributed by atoms with Crippen molar-refractivity contribution in [2.45, 2.75) is 46.8 Å². The van der Waals surface area contributed by atoms with Crippen molar-refractivity contribution in [2.75, 3.05) is 0 Å². The van der Waals surface area contributed by atoms with E-state index < -0.39 is 0 Å². The Morgan fingerprint density at radius 2 is 1.92 bits per heavy atom. The number of hydrogen-bond donors (Lipinski definition) is 2. The Labute approximate surface area is 147 Å². The molecule has 0 bridgehead atoms. The van der Waals surface area contributed by atoms with E-state index in [9.17, 15) is 14.7 Å². The number of amides is 1. The van der Waals surface area contributed by atoms with Gasteiger partial charge >= 0.3 is 0 Å². The van der Waals surface area contributed by atoms with Crippen molar-refractivity contribution in [3.63, 3.8) is 0 Å². The van der Waals surface area contributed by atoms with Crippen molar-refractivity contribution in [2.24, 2.45) is 5.41 Å². The molecule has 1 heterocycles. The number of ketones is 1. The molecule has 0 unspecified atom stereocenters. The van der Waals surface area contributed by atoms with Crippen LogP contribution in [0.1, 0.15) is 63.6 Å². The second kappa shape index (κ2) is 6.48. The van der Waals surface area contributed by atoms with Gasteiger partial charge in [-0.05, 0) is 23.5 Å². The average Bonchev–Trinajstić information content (AvgIpc) is 2.88. The molecule has 1 amide bonds. The van der Waals surface area contributed by atoms with Gasteiger partial charge in [0.25, 0.3) is 5.91 Å². The molecule has 0 atom stereocenters. The number of nitrogens with one attached hydrogen (secondary N) is 1. The summed E-state index contributed by atoms with van der Waals surface area (Å²) >= 11 is 0. The minimum absolute atomic E-state index is 0.0391. The van der Waals surface area contributed by atoms with Gasteiger partial charge in [-0.1, -0.05) is 38.1 Å². The molecule has 0 aliphatic heterocycles. The van der Waals surface area contributed by atoms with Crippen molar-refractivity contribution in [1.29, 1.82) is 0 Å². The molecule has 0 radical (unpaired) electrons. The first-order valence-corrected chi connectivity index (χ1v) is 8.43. The lowest BCUT2D eigenvalue weighted by atomic mass is 9.76. The molecule has 1 aliphatic rings. The highest BCUT2D eigenvalue weighted by atomic mass is 16.4. The molecule has 132 valence electrons. The summed E-state index contributed by atoms with van der Waals surface area (Å²) in [4.78, 5) is 24.9. The second-order valence-electron chi connectivity index (χ2n) is 7.40. The van der Waals surface area contributed by atoms with Gasteiger partial charge in [0.15, 0.2) is 11.5 Å². The summed E-state index contributed by atoms with van der Waals surface area (Å²) in [7, 11) is 0. The molecule has 5 nitrogen and oxygen atoms in total. The highest BCUT2D eigenvalue weighted by Crippen LogP contribution is 2.38. The lowest BCUT2D eigenvalue weighted by molar-refractivity contribution is 0.0888. The minimum Gasteiger partial charge on any atom is -0.455 e. The van der Waals surface area contributed by atoms with Crippen LogP contribution >= 0.6 is 0 Å². The maximum atomic E-state index is 12.5. The summed E-state index contributed by atoms with van der Waals surface area (Å²) in [6.45, 7) is 6.02. The van der Waals surface area contributed by atoms with Crippen LogP contribution in [0.3, 0.4) is 0 Å². The number of furan rings is 1. The monoisotopic (exact) mass is 341 g/mol. The summed E-state index contributed by atoms with van der Waals surface area (Å²) in [5.41, 5.74) is 2.66. The largest absolute Gasteiger partial charge is 0.455 e. The predicted molar refractivity (Wildman–Crippen MR) is 93.4 cm³/mol. The quantitative estimate of drug-likeness (QED) is 0.895. The number of Topliss-reactive ketones (excluding diaryl/α,β-unsaturated/α-hetero) is 1. The molecule has 1 aromatic heterocycles. The van der Waals surface area contributed by atoms with Gasteiger partial charge in [-0.2, -0.15) is 0 Å². The molecule has 2 aromatic rings. The van der Waals surface area contributed by atoms with Gasteiger partial charge < -0.3 is 14.8 Å². The van der Waals surface area contributed by atoms with Gasteiger partial charge in [0.2, 0.25) is 0 Å². The fraction of sp³-hybridized carbons (Fsp3) is 0.400. The molecular formula is C20H23NO4. The molecule has 1 aliphatic carbocycles. The van der Waals surface area contributed by atoms with Gasteiger partial charge in [-0.25, -0.2) is 0 Å². The fourth-order valence-corrected chi connectivity index (χ4v) is 3.44. The van der Waals surface area contributed by atoms with Crippen LogP contribution in [0.4, 0.5) is 0 Å². The molecule has 1 aromatic carbocycles. The van der Waals surface area contributed by atoms with E-state index in [2.05, 4.69) is 5.32 Å². The lowest BCUT2D eigenvalue weighted by Gasteiger charge is -2.27. The van der Waals surface area contributed by atoms with Crippen LogP contribution in [0.15, 0.2) is 28.7 Å². The number of carbonyl (C=O) groups excluding carboxylic acids is 2. The Bertz CT molecular complexity index is 832. The van der Waals surface area contributed by atoms with E-state index in [1.807, 2.05) is 38.1 Å². The van der Waals surface area contributed by atoms with Crippen LogP contribution in [0.25, 0.3) is 0 Å². The zero-order valence-electron chi connectivity index (χ0n) is 14.8. The van der Waals surface area contributed by atoms with Crippen molar-refractivity contribution in [3.8, 4) is 0 Å². The molecular weight excluding hydrogens is 318 g/mol. The van der Waals surface area contributed by atoms with Crippen molar-refractivity contribution < 1.29 is 19.1 Å². The summed E-state index contributed by atoms with van der Waals surface area (Å²) in [5, 5.41) is 12.2. The van der Waals surface area contributed by atoms with E-state index in [0.717, 1.165) is 11.1 Å². The Balaban J connectivity index is 1.81. The molecule has 0 saturated carbocycles. The molecule has 0 fully saturated rings. The molecule has 25 heavy (non-hydrogen) atoms. The molecule has 5 heteroatoms. The highest BCUT2D eigenvalue weighted by Gasteiger charge is 2.36. The SMILES string of the molecule is Cc1c(C(=O)NCc2ccccc2CO)oc2c1C(=O)CC(C)(C)C2. The van der Waals surface area contributed by atoms with Crippen molar-refractivity contribution >= 4 is 11.7 Å². The maximum absolute atomic E-state index is 12.5. The fourth-order valence-electron chi connectivity index (χ4n) is 3.44. The van der Waals surface area contributed by atoms with Crippen molar-refractivity contribution in [1.82, 2.24) is 5.32 Å². The number of aliphatic hydroxyl groups excluding tert-OH is 1. The predicted octanol–water partition coefficient (Wildman–Crippen LogP) is 3.17. The standard InChI is InChI=1S/C20H23NO4/c1-12-17-15(23)8-20(2,3)9-16(17)25-18(12)19(24)21-10-13-6-4-5-7-14(13)11-22/h4-7,22H,8-11H2,1-3H3,(H,21,24). The average molecular weight is 341 g/mol. The lowest BCUT2D eigenvalue weighted by Crippen LogP contribution is -2.26. The Hall–Kier alpha value is -2.40. The van der Waals surface area contributed by atoms with Crippen LogP contribution in [0, 0.1) is 12.3 Å². The van der Waals surface area contributed by atoms with Gasteiger partial charge in [-0.15, -0.1) is 0 Å². The molecule has 0 saturated heterocycles. The summed E-state index contributed by atoms with van der Waals surface area (Å²) in [6, 6.07) is 7.38. The number of fused-ring (bicyclic) bond motifs is 1. The van der Waals surface area contributed by atoms with Crippen LogP contribution in [-0.2, 0) is 19.6 Å². The van der Waals surface area contributed by atoms with E-state index in [0.29, 0.717) is 36.3 Å². The second-order valence-corrected chi connectivity index (χ2v) is 7.40. The number of hydrogen-bond acceptors (Lipinski definition) is 4. The molecule has 0 spiro atoms. The number of rotatable bonds is 4. The van der Waals surface area contributed by atoms with Gasteiger partial charge in [0, 0.05) is 24.9 Å². The van der Waals surface area contributed by atoms with E-state index in [1.165, 1.54) is 0 Å². The summed E-state index contributed by atoms with van der Waals surface area (Å²) in [5.74, 6) is 0.514. The first-order valence-electron chi connectivity index (χ1n) is 8.43. The normalized spacial score (nSPS) is 15.8. The van der Waals surface area contributed by atoms with Gasteiger partial charge in [0.1, 0.15) is 5.76 Å². The number of carbonyl (C=O) groups is 2. The van der Waals surface area contributed by atoms with Gasteiger partial charge in [0.05, 0.1) is 12.2 Å². The Kier molecular flexibility index (Phi) is 4.52. The third-order valence-corrected chi connectivity index (χ3v) is 4.71. The van der Waals surface area contributed by atoms with E-state index in [-0.39, 0.29) is 29.5 Å². The summed E-state index contributed by atoms with van der Waals surface area (Å²) < 4.78 is 5.77. The number of aliphatic hydroxyl groups is 1. The summed E-state index contributed by atoms with van der Waals surface area (Å²) in [6.07, 6.45) is 1.11. The van der Waals surface area contributed by atoms with E-state index >= 15 is 0 Å². The van der Waals surface area contributed by atoms with E-state index in [1.54, 1.807) is 6.92 Å². The molecule has 2 N–H and O–H groups in total. The Morgan fingerprint density at radius 1 is 1.24 bits per heavy atom. The third kappa shape index (κ3) is 3.37. The van der Waals surface area contributed by atoms with Crippen LogP contribution in [0.5, 0.6) is 0 Å². The maximum Gasteiger partial charge on any atom is 0.287 e. The van der Waals surface area contributed by atoms with Gasteiger partial charge in [-0.3, -0.25) is 9.59 Å². The smallest absolute Gasteiger partial charge is 0.287 e. The number of benzene rings is 1. The van der Waals surface area contributed by atoms with E-state index in [4.69, 9.17) is 4.42 Å². The Morgan fingerprint density at radius 3 is 2.60 bits per heavy atom.